The third-order valence-electron chi connectivity index (χ3n) is 7.42. The van der Waals surface area contributed by atoms with Gasteiger partial charge in [0.25, 0.3) is 5.91 Å². The van der Waals surface area contributed by atoms with Crippen molar-refractivity contribution in [2.45, 2.75) is 22.3 Å². The number of carbonyl (C=O) groups is 1. The number of para-hydroxylation sites is 1. The molecular formula is C29H21NO2S. The Balaban J connectivity index is 1.57. The molecule has 0 unspecified atom stereocenters. The number of amides is 1. The summed E-state index contributed by atoms with van der Waals surface area (Å²) >= 11 is 1.35. The maximum atomic E-state index is 14.7. The van der Waals surface area contributed by atoms with Crippen LogP contribution >= 0.6 is 12.0 Å². The van der Waals surface area contributed by atoms with Gasteiger partial charge in [-0.05, 0) is 28.8 Å². The lowest BCUT2D eigenvalue weighted by Gasteiger charge is -2.68. The molecule has 3 heterocycles. The van der Waals surface area contributed by atoms with Crippen molar-refractivity contribution < 1.29 is 8.98 Å². The Kier molecular flexibility index (Phi) is 3.97. The van der Waals surface area contributed by atoms with Crippen molar-refractivity contribution in [3.05, 3.63) is 138 Å². The minimum atomic E-state index is -0.917. The number of hydrogen-bond donors (Lipinski definition) is 0. The molecule has 0 spiro atoms. The monoisotopic (exact) mass is 447 g/mol. The predicted molar refractivity (Wildman–Crippen MR) is 131 cm³/mol. The highest BCUT2D eigenvalue weighted by atomic mass is 32.2. The summed E-state index contributed by atoms with van der Waals surface area (Å²) in [5, 5.41) is 0. The standard InChI is InChI=1S/C29H21NO2S/c31-27-28(20-12-4-1-5-13-20)25-23-18-10-11-19-24(23)26(25)29(32-33-28,21-14-6-2-7-15-21)30(27)22-16-8-3-9-17-22/h1-19,25-26H/t25-,26+,28-,29+/m1/s1. The second kappa shape index (κ2) is 6.83. The fraction of sp³-hybridized carbons (Fsp3) is 0.138. The Morgan fingerprint density at radius 3 is 1.79 bits per heavy atom. The van der Waals surface area contributed by atoms with Crippen LogP contribution < -0.4 is 4.90 Å². The Bertz CT molecular complexity index is 1360. The molecule has 8 rings (SSSR count). The van der Waals surface area contributed by atoms with Gasteiger partial charge in [-0.3, -0.25) is 13.9 Å². The lowest BCUT2D eigenvalue weighted by Crippen LogP contribution is -2.73. The van der Waals surface area contributed by atoms with Crippen molar-refractivity contribution in [3.63, 3.8) is 0 Å². The second-order valence-electron chi connectivity index (χ2n) is 8.89. The van der Waals surface area contributed by atoms with Gasteiger partial charge in [0, 0.05) is 35.1 Å². The van der Waals surface area contributed by atoms with Crippen molar-refractivity contribution in [3.8, 4) is 0 Å². The van der Waals surface area contributed by atoms with Gasteiger partial charge in [0.2, 0.25) is 0 Å². The molecule has 0 N–H and O–H groups in total. The molecule has 4 heteroatoms. The SMILES string of the molecule is O=C1N(c2ccccc2)[C@@]2(c3ccccc3)OS[C@]1(c1ccccc1)[C@@H]1c3ccccc3[C@@H]12. The summed E-state index contributed by atoms with van der Waals surface area (Å²) in [7, 11) is 0. The highest BCUT2D eigenvalue weighted by Crippen LogP contribution is 2.76. The summed E-state index contributed by atoms with van der Waals surface area (Å²) in [6.07, 6.45) is 0. The molecule has 4 aromatic carbocycles. The van der Waals surface area contributed by atoms with Crippen LogP contribution in [0.3, 0.4) is 0 Å². The molecule has 4 aliphatic rings. The van der Waals surface area contributed by atoms with Crippen LogP contribution in [-0.2, 0) is 19.4 Å². The summed E-state index contributed by atoms with van der Waals surface area (Å²) < 4.78 is 6.02. The summed E-state index contributed by atoms with van der Waals surface area (Å²) in [4.78, 5) is 16.6. The zero-order valence-corrected chi connectivity index (χ0v) is 18.6. The molecule has 3 nitrogen and oxygen atoms in total. The number of piperidine rings is 1. The van der Waals surface area contributed by atoms with Crippen molar-refractivity contribution in [2.24, 2.45) is 0 Å². The fourth-order valence-electron chi connectivity index (χ4n) is 6.08. The van der Waals surface area contributed by atoms with Crippen LogP contribution in [0.1, 0.15) is 34.1 Å². The van der Waals surface area contributed by atoms with Gasteiger partial charge in [0.15, 0.2) is 10.5 Å². The van der Waals surface area contributed by atoms with Crippen LogP contribution in [0.5, 0.6) is 0 Å². The van der Waals surface area contributed by atoms with Crippen molar-refractivity contribution >= 4 is 23.6 Å². The van der Waals surface area contributed by atoms with Gasteiger partial charge in [0.05, 0.1) is 0 Å². The normalized spacial score (nSPS) is 29.2. The zero-order chi connectivity index (χ0) is 22.0. The van der Waals surface area contributed by atoms with Gasteiger partial charge in [-0.25, -0.2) is 0 Å². The first-order valence-electron chi connectivity index (χ1n) is 11.2. The molecule has 4 atom stereocenters. The van der Waals surface area contributed by atoms with Gasteiger partial charge >= 0.3 is 0 Å². The van der Waals surface area contributed by atoms with Crippen molar-refractivity contribution in [2.75, 3.05) is 4.90 Å². The van der Waals surface area contributed by atoms with E-state index in [1.807, 2.05) is 71.6 Å². The molecule has 3 aliphatic heterocycles. The molecule has 0 radical (unpaired) electrons. The Morgan fingerprint density at radius 2 is 1.15 bits per heavy atom. The molecule has 2 bridgehead atoms. The Hall–Kier alpha value is -3.34. The van der Waals surface area contributed by atoms with E-state index < -0.39 is 10.5 Å². The van der Waals surface area contributed by atoms with E-state index in [0.29, 0.717) is 0 Å². The van der Waals surface area contributed by atoms with E-state index in [1.54, 1.807) is 0 Å². The van der Waals surface area contributed by atoms with Crippen LogP contribution in [0.2, 0.25) is 0 Å². The number of nitrogens with zero attached hydrogens (tertiary/aromatic N) is 1. The minimum absolute atomic E-state index is 0.0236. The quantitative estimate of drug-likeness (QED) is 0.343. The molecule has 160 valence electrons. The maximum absolute atomic E-state index is 14.7. The predicted octanol–water partition coefficient (Wildman–Crippen LogP) is 6.34. The van der Waals surface area contributed by atoms with Gasteiger partial charge in [-0.1, -0.05) is 103 Å². The number of benzene rings is 4. The first-order valence-corrected chi connectivity index (χ1v) is 12.0. The van der Waals surface area contributed by atoms with E-state index in [1.165, 1.54) is 23.2 Å². The molecule has 1 aliphatic carbocycles. The smallest absolute Gasteiger partial charge is 0.253 e. The van der Waals surface area contributed by atoms with Crippen LogP contribution in [0.15, 0.2) is 115 Å². The summed E-state index contributed by atoms with van der Waals surface area (Å²) in [5.74, 6) is 0.133. The molecule has 3 saturated heterocycles. The van der Waals surface area contributed by atoms with Gasteiger partial charge in [-0.2, -0.15) is 0 Å². The zero-order valence-electron chi connectivity index (χ0n) is 17.8. The topological polar surface area (TPSA) is 29.5 Å². The first kappa shape index (κ1) is 19.2. The van der Waals surface area contributed by atoms with Crippen LogP contribution in [0.25, 0.3) is 0 Å². The maximum Gasteiger partial charge on any atom is 0.253 e. The van der Waals surface area contributed by atoms with Gasteiger partial charge < -0.3 is 0 Å². The lowest BCUT2D eigenvalue weighted by atomic mass is 9.53. The summed E-state index contributed by atoms with van der Waals surface area (Å²) in [5.41, 5.74) is 4.45. The van der Waals surface area contributed by atoms with Crippen molar-refractivity contribution in [1.29, 1.82) is 0 Å². The third-order valence-corrected chi connectivity index (χ3v) is 8.68. The van der Waals surface area contributed by atoms with E-state index in [0.717, 1.165) is 16.8 Å². The van der Waals surface area contributed by atoms with E-state index in [-0.39, 0.29) is 17.7 Å². The van der Waals surface area contributed by atoms with Crippen LogP contribution in [-0.4, -0.2) is 5.91 Å². The van der Waals surface area contributed by atoms with Gasteiger partial charge in [-0.15, -0.1) is 0 Å². The molecule has 0 aromatic heterocycles. The number of fused-ring (bicyclic) bond motifs is 3. The molecule has 33 heavy (non-hydrogen) atoms. The number of anilines is 1. The van der Waals surface area contributed by atoms with E-state index >= 15 is 0 Å². The molecule has 1 amide bonds. The lowest BCUT2D eigenvalue weighted by molar-refractivity contribution is -0.138. The average Bonchev–Trinajstić information content (AvgIpc) is 2.88. The number of rotatable bonds is 3. The highest BCUT2D eigenvalue weighted by Gasteiger charge is 2.76. The molecule has 0 saturated carbocycles. The van der Waals surface area contributed by atoms with E-state index in [2.05, 4.69) is 48.5 Å². The largest absolute Gasteiger partial charge is 0.280 e. The van der Waals surface area contributed by atoms with Gasteiger partial charge in [0.1, 0.15) is 0 Å². The third kappa shape index (κ3) is 2.27. The number of hydrogen-bond acceptors (Lipinski definition) is 3. The van der Waals surface area contributed by atoms with E-state index in [4.69, 9.17) is 4.18 Å². The summed E-state index contributed by atoms with van der Waals surface area (Å²) in [6, 6.07) is 38.9. The van der Waals surface area contributed by atoms with Crippen LogP contribution in [0.4, 0.5) is 5.69 Å². The average molecular weight is 448 g/mol. The Morgan fingerprint density at radius 1 is 0.636 bits per heavy atom. The first-order chi connectivity index (χ1) is 16.3. The number of carbonyl (C=O) groups excluding carboxylic acids is 1. The van der Waals surface area contributed by atoms with Crippen molar-refractivity contribution in [1.82, 2.24) is 0 Å². The molecular weight excluding hydrogens is 426 g/mol. The highest BCUT2D eigenvalue weighted by molar-refractivity contribution is 7.96. The second-order valence-corrected chi connectivity index (χ2v) is 9.87. The van der Waals surface area contributed by atoms with E-state index in [9.17, 15) is 4.79 Å². The molecule has 4 aromatic rings. The molecule has 3 fully saturated rings. The Labute approximate surface area is 197 Å². The van der Waals surface area contributed by atoms with Crippen LogP contribution in [0, 0.1) is 0 Å². The summed E-state index contributed by atoms with van der Waals surface area (Å²) in [6.45, 7) is 0. The fourth-order valence-corrected chi connectivity index (χ4v) is 7.38. The minimum Gasteiger partial charge on any atom is -0.280 e.